The average Bonchev–Trinajstić information content (AvgIpc) is 3.22. The van der Waals surface area contributed by atoms with E-state index < -0.39 is 11.6 Å². The van der Waals surface area contributed by atoms with Gasteiger partial charge >= 0.3 is 6.03 Å². The highest BCUT2D eigenvalue weighted by Gasteiger charge is 2.35. The van der Waals surface area contributed by atoms with Crippen LogP contribution in [0.2, 0.25) is 0 Å². The van der Waals surface area contributed by atoms with E-state index in [0.29, 0.717) is 43.2 Å². The first-order valence-corrected chi connectivity index (χ1v) is 10.8. The van der Waals surface area contributed by atoms with Crippen molar-refractivity contribution in [2.24, 2.45) is 0 Å². The maximum absolute atomic E-state index is 13.9. The smallest absolute Gasteiger partial charge is 0.319 e. The average molecular weight is 453 g/mol. The number of amides is 2. The second-order valence-corrected chi connectivity index (χ2v) is 8.00. The van der Waals surface area contributed by atoms with E-state index in [2.05, 4.69) is 20.5 Å². The number of pyridine rings is 1. The van der Waals surface area contributed by atoms with Gasteiger partial charge in [0.1, 0.15) is 0 Å². The quantitative estimate of drug-likeness (QED) is 0.562. The van der Waals surface area contributed by atoms with Crippen LogP contribution in [0.3, 0.4) is 0 Å². The number of anilines is 1. The third kappa shape index (κ3) is 5.53. The Labute approximate surface area is 191 Å². The number of hydrogen-bond donors (Lipinski definition) is 2. The summed E-state index contributed by atoms with van der Waals surface area (Å²) in [5.74, 6) is -1.97. The Morgan fingerprint density at radius 2 is 1.91 bits per heavy atom. The monoisotopic (exact) mass is 452 g/mol. The van der Waals surface area contributed by atoms with Crippen LogP contribution < -0.4 is 10.6 Å². The summed E-state index contributed by atoms with van der Waals surface area (Å²) in [6.45, 7) is 2.39. The first-order valence-electron chi connectivity index (χ1n) is 10.8. The number of benzene rings is 2. The lowest BCUT2D eigenvalue weighted by Gasteiger charge is -2.21. The zero-order chi connectivity index (χ0) is 23.2. The Bertz CT molecular complexity index is 1100. The molecule has 2 aromatic carbocycles. The predicted octanol–water partition coefficient (Wildman–Crippen LogP) is 4.26. The fraction of sp³-hybridized carbons (Fsp3) is 0.280. The first kappa shape index (κ1) is 22.8. The van der Waals surface area contributed by atoms with E-state index in [1.54, 1.807) is 31.5 Å². The molecule has 4 rings (SSSR count). The van der Waals surface area contributed by atoms with Gasteiger partial charge in [0.25, 0.3) is 0 Å². The molecule has 0 saturated carbocycles. The fourth-order valence-electron chi connectivity index (χ4n) is 4.17. The van der Waals surface area contributed by atoms with Gasteiger partial charge in [-0.1, -0.05) is 36.4 Å². The van der Waals surface area contributed by atoms with Crippen LogP contribution >= 0.6 is 0 Å². The van der Waals surface area contributed by atoms with Crippen molar-refractivity contribution in [3.05, 3.63) is 84.1 Å². The largest absolute Gasteiger partial charge is 0.383 e. The molecule has 0 aliphatic carbocycles. The van der Waals surface area contributed by atoms with E-state index in [-0.39, 0.29) is 18.0 Å². The van der Waals surface area contributed by atoms with Gasteiger partial charge in [-0.05, 0) is 29.8 Å². The Morgan fingerprint density at radius 1 is 1.09 bits per heavy atom. The number of carbonyl (C=O) groups is 1. The van der Waals surface area contributed by atoms with E-state index in [0.717, 1.165) is 11.6 Å². The molecule has 0 spiro atoms. The third-order valence-corrected chi connectivity index (χ3v) is 5.80. The van der Waals surface area contributed by atoms with Crippen molar-refractivity contribution in [2.45, 2.75) is 12.0 Å². The topological polar surface area (TPSA) is 66.5 Å². The van der Waals surface area contributed by atoms with Gasteiger partial charge in [-0.15, -0.1) is 0 Å². The highest BCUT2D eigenvalue weighted by atomic mass is 19.2. The van der Waals surface area contributed by atoms with Crippen LogP contribution in [0.15, 0.2) is 66.9 Å². The highest BCUT2D eigenvalue weighted by Crippen LogP contribution is 2.29. The molecule has 0 radical (unpaired) electrons. The molecule has 1 aliphatic rings. The van der Waals surface area contributed by atoms with Crippen LogP contribution in [0.1, 0.15) is 11.5 Å². The second-order valence-electron chi connectivity index (χ2n) is 8.00. The predicted molar refractivity (Wildman–Crippen MR) is 123 cm³/mol. The van der Waals surface area contributed by atoms with Crippen molar-refractivity contribution in [1.82, 2.24) is 15.2 Å². The fourth-order valence-corrected chi connectivity index (χ4v) is 4.17. The molecule has 6 nitrogen and oxygen atoms in total. The minimum atomic E-state index is -0.895. The Kier molecular flexibility index (Phi) is 7.26. The summed E-state index contributed by atoms with van der Waals surface area (Å²) in [5.41, 5.74) is 2.78. The van der Waals surface area contributed by atoms with Gasteiger partial charge in [-0.25, -0.2) is 13.6 Å². The maximum atomic E-state index is 13.9. The molecule has 2 amide bonds. The number of likely N-dealkylation sites (tertiary alicyclic amines) is 1. The second kappa shape index (κ2) is 10.5. The minimum absolute atomic E-state index is 0.190. The number of nitrogens with zero attached hydrogens (tertiary/aromatic N) is 2. The molecular formula is C25H26F2N4O2. The Hall–Kier alpha value is -3.36. The summed E-state index contributed by atoms with van der Waals surface area (Å²) in [6, 6.07) is 16.4. The van der Waals surface area contributed by atoms with Crippen molar-refractivity contribution in [3.63, 3.8) is 0 Å². The van der Waals surface area contributed by atoms with Gasteiger partial charge in [0, 0.05) is 44.4 Å². The van der Waals surface area contributed by atoms with Crippen molar-refractivity contribution in [2.75, 3.05) is 38.7 Å². The summed E-state index contributed by atoms with van der Waals surface area (Å²) in [4.78, 5) is 19.5. The lowest BCUT2D eigenvalue weighted by Crippen LogP contribution is -2.42. The standard InChI is InChI=1S/C25H26F2N4O2/c1-33-13-12-31-15-19(18-9-10-20(26)21(27)14-18)23(16-31)30-25(32)29-22-8-5-11-28-24(22)17-6-3-2-4-7-17/h2-11,14,19,23H,12-13,15-16H2,1H3,(H2,29,30,32). The van der Waals surface area contributed by atoms with Crippen molar-refractivity contribution >= 4 is 11.7 Å². The van der Waals surface area contributed by atoms with Gasteiger partial charge in [0.2, 0.25) is 0 Å². The molecule has 172 valence electrons. The number of carbonyl (C=O) groups excluding carboxylic acids is 1. The summed E-state index contributed by atoms with van der Waals surface area (Å²) < 4.78 is 32.5. The van der Waals surface area contributed by atoms with Crippen molar-refractivity contribution in [1.29, 1.82) is 0 Å². The molecule has 2 unspecified atom stereocenters. The van der Waals surface area contributed by atoms with Crippen LogP contribution in [0.4, 0.5) is 19.3 Å². The Morgan fingerprint density at radius 3 is 2.67 bits per heavy atom. The summed E-state index contributed by atoms with van der Waals surface area (Å²) in [7, 11) is 1.63. The van der Waals surface area contributed by atoms with E-state index in [9.17, 15) is 13.6 Å². The highest BCUT2D eigenvalue weighted by molar-refractivity contribution is 5.93. The molecule has 1 fully saturated rings. The lowest BCUT2D eigenvalue weighted by atomic mass is 9.94. The third-order valence-electron chi connectivity index (χ3n) is 5.80. The molecule has 2 N–H and O–H groups in total. The van der Waals surface area contributed by atoms with Gasteiger partial charge in [-0.3, -0.25) is 9.88 Å². The SMILES string of the molecule is COCCN1CC(NC(=O)Nc2cccnc2-c2ccccc2)C(c2ccc(F)c(F)c2)C1. The van der Waals surface area contributed by atoms with Crippen LogP contribution in [0, 0.1) is 11.6 Å². The lowest BCUT2D eigenvalue weighted by molar-refractivity contribution is 0.159. The molecule has 2 heterocycles. The van der Waals surface area contributed by atoms with E-state index in [1.807, 2.05) is 30.3 Å². The van der Waals surface area contributed by atoms with E-state index in [4.69, 9.17) is 4.74 Å². The number of aromatic nitrogens is 1. The van der Waals surface area contributed by atoms with Crippen LogP contribution in [-0.4, -0.2) is 55.3 Å². The molecule has 8 heteroatoms. The normalized spacial score (nSPS) is 18.3. The van der Waals surface area contributed by atoms with Gasteiger partial charge < -0.3 is 15.4 Å². The van der Waals surface area contributed by atoms with Gasteiger partial charge in [0.15, 0.2) is 11.6 Å². The molecule has 1 aromatic heterocycles. The molecule has 2 atom stereocenters. The molecule has 0 bridgehead atoms. The number of methoxy groups -OCH3 is 1. The number of nitrogens with one attached hydrogen (secondary N) is 2. The van der Waals surface area contributed by atoms with Crippen LogP contribution in [-0.2, 0) is 4.74 Å². The number of urea groups is 1. The number of ether oxygens (including phenoxy) is 1. The molecule has 1 saturated heterocycles. The van der Waals surface area contributed by atoms with Crippen molar-refractivity contribution < 1.29 is 18.3 Å². The zero-order valence-corrected chi connectivity index (χ0v) is 18.3. The summed E-state index contributed by atoms with van der Waals surface area (Å²) in [5, 5.41) is 5.92. The summed E-state index contributed by atoms with van der Waals surface area (Å²) >= 11 is 0. The Balaban J connectivity index is 1.51. The number of halogens is 2. The van der Waals surface area contributed by atoms with Gasteiger partial charge in [0.05, 0.1) is 24.0 Å². The van der Waals surface area contributed by atoms with Crippen LogP contribution in [0.5, 0.6) is 0 Å². The zero-order valence-electron chi connectivity index (χ0n) is 18.3. The number of rotatable bonds is 7. The molecule has 33 heavy (non-hydrogen) atoms. The number of hydrogen-bond acceptors (Lipinski definition) is 4. The van der Waals surface area contributed by atoms with E-state index in [1.165, 1.54) is 6.07 Å². The maximum Gasteiger partial charge on any atom is 0.319 e. The molecule has 3 aromatic rings. The summed E-state index contributed by atoms with van der Waals surface area (Å²) in [6.07, 6.45) is 1.68. The van der Waals surface area contributed by atoms with Gasteiger partial charge in [-0.2, -0.15) is 0 Å². The van der Waals surface area contributed by atoms with Crippen LogP contribution in [0.25, 0.3) is 11.3 Å². The van der Waals surface area contributed by atoms with E-state index >= 15 is 0 Å². The molecule has 1 aliphatic heterocycles. The first-order chi connectivity index (χ1) is 16.0. The molecular weight excluding hydrogens is 426 g/mol. The van der Waals surface area contributed by atoms with Crippen molar-refractivity contribution in [3.8, 4) is 11.3 Å². The minimum Gasteiger partial charge on any atom is -0.383 e.